The predicted octanol–water partition coefficient (Wildman–Crippen LogP) is 2.47. The van der Waals surface area contributed by atoms with Crippen molar-refractivity contribution in [2.24, 2.45) is 5.41 Å². The first-order chi connectivity index (χ1) is 15.1. The fourth-order valence-electron chi connectivity index (χ4n) is 4.37. The third kappa shape index (κ3) is 4.33. The number of piperidine rings is 1. The summed E-state index contributed by atoms with van der Waals surface area (Å²) in [6, 6.07) is 9.67. The van der Waals surface area contributed by atoms with Gasteiger partial charge in [-0.1, -0.05) is 24.3 Å². The number of hydrogen-bond acceptors (Lipinski definition) is 5. The standard InChI is InChI=1S/C23H26N6O2/c1-2-26-22(31)23(9-5-11-29(15-23)21(30)20-8-10-27-28-20)12-17-6-3-4-7-19(17)18-13-24-16-25-14-18/h3-4,6-8,10,13-14,16H,2,5,9,11-12,15H2,1H3,(H,26,31)(H,27,28)/t23-/m1/s1. The fourth-order valence-corrected chi connectivity index (χ4v) is 4.37. The Kier molecular flexibility index (Phi) is 6.06. The van der Waals surface area contributed by atoms with Gasteiger partial charge in [-0.3, -0.25) is 14.7 Å². The van der Waals surface area contributed by atoms with Crippen molar-refractivity contribution in [3.05, 3.63) is 66.5 Å². The van der Waals surface area contributed by atoms with E-state index in [1.807, 2.05) is 31.2 Å². The van der Waals surface area contributed by atoms with Crippen molar-refractivity contribution < 1.29 is 9.59 Å². The molecule has 0 bridgehead atoms. The molecular weight excluding hydrogens is 392 g/mol. The van der Waals surface area contributed by atoms with E-state index in [0.29, 0.717) is 38.2 Å². The maximum absolute atomic E-state index is 13.3. The molecule has 1 fully saturated rings. The van der Waals surface area contributed by atoms with Gasteiger partial charge in [0.15, 0.2) is 0 Å². The third-order valence-corrected chi connectivity index (χ3v) is 5.83. The summed E-state index contributed by atoms with van der Waals surface area (Å²) in [5.41, 5.74) is 2.68. The zero-order valence-electron chi connectivity index (χ0n) is 17.5. The number of H-pyrrole nitrogens is 1. The molecule has 2 aromatic heterocycles. The first-order valence-corrected chi connectivity index (χ1v) is 10.5. The molecule has 1 aliphatic heterocycles. The van der Waals surface area contributed by atoms with E-state index < -0.39 is 5.41 Å². The highest BCUT2D eigenvalue weighted by Gasteiger charge is 2.44. The van der Waals surface area contributed by atoms with E-state index in [-0.39, 0.29) is 11.8 Å². The van der Waals surface area contributed by atoms with Crippen LogP contribution in [0.15, 0.2) is 55.2 Å². The minimum absolute atomic E-state index is 0.0174. The highest BCUT2D eigenvalue weighted by atomic mass is 16.2. The predicted molar refractivity (Wildman–Crippen MR) is 116 cm³/mol. The molecule has 4 rings (SSSR count). The summed E-state index contributed by atoms with van der Waals surface area (Å²) in [5, 5.41) is 9.64. The lowest BCUT2D eigenvalue weighted by Crippen LogP contribution is -2.54. The van der Waals surface area contributed by atoms with E-state index in [4.69, 9.17) is 0 Å². The van der Waals surface area contributed by atoms with Gasteiger partial charge in [0.1, 0.15) is 12.0 Å². The van der Waals surface area contributed by atoms with Crippen LogP contribution >= 0.6 is 0 Å². The molecule has 3 aromatic rings. The van der Waals surface area contributed by atoms with Gasteiger partial charge in [-0.15, -0.1) is 0 Å². The summed E-state index contributed by atoms with van der Waals surface area (Å²) >= 11 is 0. The number of benzene rings is 1. The van der Waals surface area contributed by atoms with Crippen molar-refractivity contribution in [1.82, 2.24) is 30.4 Å². The van der Waals surface area contributed by atoms with E-state index >= 15 is 0 Å². The number of aromatic nitrogens is 4. The molecule has 2 N–H and O–H groups in total. The molecule has 8 nitrogen and oxygen atoms in total. The molecule has 3 heterocycles. The van der Waals surface area contributed by atoms with Gasteiger partial charge in [-0.25, -0.2) is 9.97 Å². The van der Waals surface area contributed by atoms with Gasteiger partial charge in [0, 0.05) is 43.8 Å². The number of rotatable bonds is 6. The summed E-state index contributed by atoms with van der Waals surface area (Å²) < 4.78 is 0. The van der Waals surface area contributed by atoms with E-state index in [2.05, 4.69) is 25.5 Å². The Morgan fingerprint density at radius 2 is 2.00 bits per heavy atom. The molecule has 0 radical (unpaired) electrons. The van der Waals surface area contributed by atoms with Crippen molar-refractivity contribution in [3.63, 3.8) is 0 Å². The van der Waals surface area contributed by atoms with Crippen LogP contribution in [0.1, 0.15) is 35.8 Å². The van der Waals surface area contributed by atoms with Crippen LogP contribution in [0.5, 0.6) is 0 Å². The van der Waals surface area contributed by atoms with Gasteiger partial charge < -0.3 is 10.2 Å². The van der Waals surface area contributed by atoms with Gasteiger partial charge in [-0.2, -0.15) is 5.10 Å². The van der Waals surface area contributed by atoms with Crippen LogP contribution < -0.4 is 5.32 Å². The Bertz CT molecular complexity index is 1040. The molecule has 8 heteroatoms. The SMILES string of the molecule is CCNC(=O)[C@@]1(Cc2ccccc2-c2cncnc2)CCCN(C(=O)c2ccn[nH]2)C1. The Hall–Kier alpha value is -3.55. The third-order valence-electron chi connectivity index (χ3n) is 5.83. The van der Waals surface area contributed by atoms with Crippen molar-refractivity contribution in [1.29, 1.82) is 0 Å². The number of nitrogens with zero attached hydrogens (tertiary/aromatic N) is 4. The van der Waals surface area contributed by atoms with Crippen LogP contribution in [0.3, 0.4) is 0 Å². The summed E-state index contributed by atoms with van der Waals surface area (Å²) in [5.74, 6) is -0.146. The Labute approximate surface area is 181 Å². The second kappa shape index (κ2) is 9.07. The molecule has 1 aromatic carbocycles. The van der Waals surface area contributed by atoms with Crippen molar-refractivity contribution >= 4 is 11.8 Å². The van der Waals surface area contributed by atoms with Crippen LogP contribution in [-0.4, -0.2) is 56.5 Å². The molecule has 160 valence electrons. The summed E-state index contributed by atoms with van der Waals surface area (Å²) in [4.78, 5) is 36.4. The van der Waals surface area contributed by atoms with Crippen LogP contribution in [0.25, 0.3) is 11.1 Å². The minimum atomic E-state index is -0.713. The highest BCUT2D eigenvalue weighted by molar-refractivity contribution is 5.93. The van der Waals surface area contributed by atoms with Gasteiger partial charge in [0.05, 0.1) is 5.41 Å². The summed E-state index contributed by atoms with van der Waals surface area (Å²) in [6.07, 6.45) is 8.61. The van der Waals surface area contributed by atoms with Gasteiger partial charge in [-0.05, 0) is 43.4 Å². The van der Waals surface area contributed by atoms with Gasteiger partial charge >= 0.3 is 0 Å². The van der Waals surface area contributed by atoms with Crippen LogP contribution in [0.2, 0.25) is 0 Å². The lowest BCUT2D eigenvalue weighted by atomic mass is 9.73. The highest BCUT2D eigenvalue weighted by Crippen LogP contribution is 2.37. The first-order valence-electron chi connectivity index (χ1n) is 10.5. The normalized spacial score (nSPS) is 18.5. The number of carbonyl (C=O) groups excluding carboxylic acids is 2. The summed E-state index contributed by atoms with van der Waals surface area (Å²) in [6.45, 7) is 3.43. The molecule has 0 spiro atoms. The molecule has 0 unspecified atom stereocenters. The molecule has 2 amide bonds. The fraction of sp³-hybridized carbons (Fsp3) is 0.348. The van der Waals surface area contributed by atoms with Crippen molar-refractivity contribution in [2.45, 2.75) is 26.2 Å². The molecule has 1 atom stereocenters. The van der Waals surface area contributed by atoms with E-state index in [0.717, 1.165) is 23.1 Å². The first kappa shape index (κ1) is 20.7. The molecule has 0 saturated carbocycles. The molecular formula is C23H26N6O2. The number of hydrogen-bond donors (Lipinski definition) is 2. The van der Waals surface area contributed by atoms with Crippen LogP contribution in [0, 0.1) is 5.41 Å². The van der Waals surface area contributed by atoms with Crippen molar-refractivity contribution in [2.75, 3.05) is 19.6 Å². The minimum Gasteiger partial charge on any atom is -0.356 e. The average Bonchev–Trinajstić information content (AvgIpc) is 3.35. The lowest BCUT2D eigenvalue weighted by Gasteiger charge is -2.42. The number of carbonyl (C=O) groups is 2. The molecule has 31 heavy (non-hydrogen) atoms. The molecule has 1 saturated heterocycles. The second-order valence-corrected chi connectivity index (χ2v) is 7.90. The molecule has 0 aliphatic carbocycles. The topological polar surface area (TPSA) is 104 Å². The Balaban J connectivity index is 1.68. The maximum atomic E-state index is 13.3. The van der Waals surface area contributed by atoms with Crippen molar-refractivity contribution in [3.8, 4) is 11.1 Å². The van der Waals surface area contributed by atoms with E-state index in [9.17, 15) is 9.59 Å². The Morgan fingerprint density at radius 1 is 1.19 bits per heavy atom. The van der Waals surface area contributed by atoms with E-state index in [1.165, 1.54) is 6.33 Å². The smallest absolute Gasteiger partial charge is 0.271 e. The monoisotopic (exact) mass is 418 g/mol. The quantitative estimate of drug-likeness (QED) is 0.640. The largest absolute Gasteiger partial charge is 0.356 e. The maximum Gasteiger partial charge on any atom is 0.271 e. The number of aromatic amines is 1. The Morgan fingerprint density at radius 3 is 2.74 bits per heavy atom. The van der Waals surface area contributed by atoms with Gasteiger partial charge in [0.2, 0.25) is 5.91 Å². The second-order valence-electron chi connectivity index (χ2n) is 7.90. The molecule has 1 aliphatic rings. The number of nitrogens with one attached hydrogen (secondary N) is 2. The van der Waals surface area contributed by atoms with Crippen LogP contribution in [0.4, 0.5) is 0 Å². The number of likely N-dealkylation sites (tertiary alicyclic amines) is 1. The lowest BCUT2D eigenvalue weighted by molar-refractivity contribution is -0.133. The number of amides is 2. The zero-order chi connectivity index (χ0) is 21.7. The van der Waals surface area contributed by atoms with E-state index in [1.54, 1.807) is 29.6 Å². The summed E-state index contributed by atoms with van der Waals surface area (Å²) in [7, 11) is 0. The van der Waals surface area contributed by atoms with Crippen LogP contribution in [-0.2, 0) is 11.2 Å². The average molecular weight is 419 g/mol. The van der Waals surface area contributed by atoms with Gasteiger partial charge in [0.25, 0.3) is 5.91 Å². The zero-order valence-corrected chi connectivity index (χ0v) is 17.5.